The highest BCUT2D eigenvalue weighted by molar-refractivity contribution is 6.16. The Bertz CT molecular complexity index is 1090. The van der Waals surface area contributed by atoms with Gasteiger partial charge in [0.1, 0.15) is 17.2 Å². The standard InChI is InChI=1S/C22H21NO4/c1-5-23-12-14(17-10-15(25-3)6-7-18(17)23)9-20-22(24)21-13(2)8-16(26-4)11-19(21)27-20/h6-12H,5H2,1-4H3/b20-9-. The van der Waals surface area contributed by atoms with E-state index in [1.165, 1.54) is 0 Å². The smallest absolute Gasteiger partial charge is 0.232 e. The number of aromatic nitrogens is 1. The van der Waals surface area contributed by atoms with Gasteiger partial charge in [-0.1, -0.05) is 0 Å². The first-order chi connectivity index (χ1) is 13.0. The third-order valence-electron chi connectivity index (χ3n) is 4.93. The van der Waals surface area contributed by atoms with Crippen LogP contribution in [0.5, 0.6) is 17.2 Å². The van der Waals surface area contributed by atoms with Gasteiger partial charge in [0.25, 0.3) is 0 Å². The first-order valence-corrected chi connectivity index (χ1v) is 8.85. The van der Waals surface area contributed by atoms with Crippen LogP contribution >= 0.6 is 0 Å². The second-order valence-corrected chi connectivity index (χ2v) is 6.51. The molecule has 2 heterocycles. The van der Waals surface area contributed by atoms with Gasteiger partial charge in [-0.2, -0.15) is 0 Å². The number of ether oxygens (including phenoxy) is 3. The quantitative estimate of drug-likeness (QED) is 0.636. The van der Waals surface area contributed by atoms with E-state index < -0.39 is 0 Å². The molecule has 4 rings (SSSR count). The highest BCUT2D eigenvalue weighted by atomic mass is 16.5. The fourth-order valence-corrected chi connectivity index (χ4v) is 3.54. The Hall–Kier alpha value is -3.21. The Balaban J connectivity index is 1.83. The highest BCUT2D eigenvalue weighted by Gasteiger charge is 2.30. The molecule has 27 heavy (non-hydrogen) atoms. The molecule has 5 heteroatoms. The predicted octanol–water partition coefficient (Wildman–Crippen LogP) is 4.60. The average molecular weight is 363 g/mol. The second-order valence-electron chi connectivity index (χ2n) is 6.51. The number of nitrogens with zero attached hydrogens (tertiary/aromatic N) is 1. The summed E-state index contributed by atoms with van der Waals surface area (Å²) in [5.74, 6) is 2.20. The van der Waals surface area contributed by atoms with E-state index in [4.69, 9.17) is 14.2 Å². The van der Waals surface area contributed by atoms with Gasteiger partial charge in [-0.05, 0) is 49.8 Å². The molecule has 0 fully saturated rings. The SMILES string of the molecule is CCn1cc(/C=C2\Oc3cc(OC)cc(C)c3C2=O)c2cc(OC)ccc21. The number of carbonyl (C=O) groups excluding carboxylic acids is 1. The summed E-state index contributed by atoms with van der Waals surface area (Å²) in [7, 11) is 3.24. The number of ketones is 1. The third-order valence-corrected chi connectivity index (χ3v) is 4.93. The summed E-state index contributed by atoms with van der Waals surface area (Å²) in [5.41, 5.74) is 3.45. The molecule has 0 radical (unpaired) electrons. The molecule has 1 aromatic heterocycles. The van der Waals surface area contributed by atoms with Gasteiger partial charge in [-0.3, -0.25) is 4.79 Å². The Kier molecular flexibility index (Phi) is 4.15. The van der Waals surface area contributed by atoms with Crippen molar-refractivity contribution in [2.75, 3.05) is 14.2 Å². The third kappa shape index (κ3) is 2.76. The minimum absolute atomic E-state index is 0.106. The highest BCUT2D eigenvalue weighted by Crippen LogP contribution is 2.38. The van der Waals surface area contributed by atoms with Crippen molar-refractivity contribution >= 4 is 22.8 Å². The maximum atomic E-state index is 12.9. The summed E-state index contributed by atoms with van der Waals surface area (Å²) >= 11 is 0. The van der Waals surface area contributed by atoms with Crippen molar-refractivity contribution in [2.24, 2.45) is 0 Å². The van der Waals surface area contributed by atoms with Crippen molar-refractivity contribution in [1.29, 1.82) is 0 Å². The Morgan fingerprint density at radius 2 is 1.89 bits per heavy atom. The van der Waals surface area contributed by atoms with Gasteiger partial charge < -0.3 is 18.8 Å². The molecule has 0 spiro atoms. The van der Waals surface area contributed by atoms with Crippen molar-refractivity contribution in [3.05, 3.63) is 59.0 Å². The molecule has 1 aliphatic rings. The van der Waals surface area contributed by atoms with E-state index in [0.717, 1.165) is 34.3 Å². The molecule has 1 aliphatic heterocycles. The summed E-state index contributed by atoms with van der Waals surface area (Å²) in [6.45, 7) is 4.81. The lowest BCUT2D eigenvalue weighted by molar-refractivity contribution is 0.101. The van der Waals surface area contributed by atoms with Crippen molar-refractivity contribution < 1.29 is 19.0 Å². The number of carbonyl (C=O) groups is 1. The molecule has 0 atom stereocenters. The molecule has 0 aliphatic carbocycles. The summed E-state index contributed by atoms with van der Waals surface area (Å²) in [6, 6.07) is 9.54. The lowest BCUT2D eigenvalue weighted by atomic mass is 10.0. The topological polar surface area (TPSA) is 49.7 Å². The number of benzene rings is 2. The van der Waals surface area contributed by atoms with Gasteiger partial charge in [0.2, 0.25) is 5.78 Å². The molecule has 3 aromatic rings. The molecule has 0 unspecified atom stereocenters. The Morgan fingerprint density at radius 3 is 2.59 bits per heavy atom. The number of aryl methyl sites for hydroxylation is 2. The van der Waals surface area contributed by atoms with E-state index >= 15 is 0 Å². The number of methoxy groups -OCH3 is 2. The van der Waals surface area contributed by atoms with Crippen molar-refractivity contribution in [3.8, 4) is 17.2 Å². The monoisotopic (exact) mass is 363 g/mol. The zero-order valence-corrected chi connectivity index (χ0v) is 15.8. The zero-order valence-electron chi connectivity index (χ0n) is 15.8. The summed E-state index contributed by atoms with van der Waals surface area (Å²) in [6.07, 6.45) is 3.84. The van der Waals surface area contributed by atoms with Gasteiger partial charge in [-0.15, -0.1) is 0 Å². The van der Waals surface area contributed by atoms with Crippen LogP contribution in [-0.2, 0) is 6.54 Å². The van der Waals surface area contributed by atoms with Crippen LogP contribution in [0.15, 0.2) is 42.3 Å². The minimum atomic E-state index is -0.106. The molecule has 0 N–H and O–H groups in total. The van der Waals surface area contributed by atoms with Crippen LogP contribution < -0.4 is 14.2 Å². The normalized spacial score (nSPS) is 14.5. The molecule has 5 nitrogen and oxygen atoms in total. The van der Waals surface area contributed by atoms with Gasteiger partial charge in [0.15, 0.2) is 5.76 Å². The minimum Gasteiger partial charge on any atom is -0.497 e. The van der Waals surface area contributed by atoms with E-state index in [1.807, 2.05) is 43.5 Å². The number of fused-ring (bicyclic) bond motifs is 2. The Morgan fingerprint density at radius 1 is 1.11 bits per heavy atom. The number of hydrogen-bond donors (Lipinski definition) is 0. The molecule has 138 valence electrons. The molecule has 0 amide bonds. The number of allylic oxidation sites excluding steroid dienone is 1. The van der Waals surface area contributed by atoms with Crippen molar-refractivity contribution in [2.45, 2.75) is 20.4 Å². The van der Waals surface area contributed by atoms with E-state index in [1.54, 1.807) is 20.3 Å². The van der Waals surface area contributed by atoms with Gasteiger partial charge in [-0.25, -0.2) is 0 Å². The zero-order chi connectivity index (χ0) is 19.1. The van der Waals surface area contributed by atoms with Crippen LogP contribution in [0.4, 0.5) is 0 Å². The lowest BCUT2D eigenvalue weighted by Crippen LogP contribution is -1.99. The van der Waals surface area contributed by atoms with E-state index in [-0.39, 0.29) is 5.78 Å². The second kappa shape index (κ2) is 6.50. The maximum absolute atomic E-state index is 12.9. The largest absolute Gasteiger partial charge is 0.497 e. The molecule has 0 saturated heterocycles. The van der Waals surface area contributed by atoms with Crippen molar-refractivity contribution in [1.82, 2.24) is 4.57 Å². The Labute approximate surface area is 157 Å². The molecular weight excluding hydrogens is 342 g/mol. The summed E-state index contributed by atoms with van der Waals surface area (Å²) in [5, 5.41) is 1.02. The number of Topliss-reactive ketones (excluding diaryl/α,β-unsaturated/α-hetero) is 1. The average Bonchev–Trinajstić information content (AvgIpc) is 3.19. The van der Waals surface area contributed by atoms with E-state index in [9.17, 15) is 4.79 Å². The summed E-state index contributed by atoms with van der Waals surface area (Å²) < 4.78 is 18.7. The van der Waals surface area contributed by atoms with Crippen LogP contribution in [0.2, 0.25) is 0 Å². The molecule has 2 aromatic carbocycles. The maximum Gasteiger partial charge on any atom is 0.232 e. The van der Waals surface area contributed by atoms with Crippen LogP contribution in [-0.4, -0.2) is 24.6 Å². The number of rotatable bonds is 4. The number of hydrogen-bond acceptors (Lipinski definition) is 4. The molecular formula is C22H21NO4. The molecule has 0 bridgehead atoms. The summed E-state index contributed by atoms with van der Waals surface area (Å²) in [4.78, 5) is 12.9. The molecule has 0 saturated carbocycles. The van der Waals surface area contributed by atoms with Gasteiger partial charge in [0, 0.05) is 35.3 Å². The fraction of sp³-hybridized carbons (Fsp3) is 0.227. The van der Waals surface area contributed by atoms with Gasteiger partial charge in [0.05, 0.1) is 19.8 Å². The predicted molar refractivity (Wildman–Crippen MR) is 105 cm³/mol. The van der Waals surface area contributed by atoms with Crippen molar-refractivity contribution in [3.63, 3.8) is 0 Å². The van der Waals surface area contributed by atoms with E-state index in [2.05, 4.69) is 11.5 Å². The fourth-order valence-electron chi connectivity index (χ4n) is 3.54. The van der Waals surface area contributed by atoms with Crippen LogP contribution in [0.1, 0.15) is 28.4 Å². The lowest BCUT2D eigenvalue weighted by Gasteiger charge is -2.04. The first kappa shape index (κ1) is 17.2. The van der Waals surface area contributed by atoms with Crippen LogP contribution in [0, 0.1) is 6.92 Å². The van der Waals surface area contributed by atoms with Crippen LogP contribution in [0.3, 0.4) is 0 Å². The van der Waals surface area contributed by atoms with Gasteiger partial charge >= 0.3 is 0 Å². The van der Waals surface area contributed by atoms with E-state index in [0.29, 0.717) is 22.8 Å². The first-order valence-electron chi connectivity index (χ1n) is 8.85. The van der Waals surface area contributed by atoms with Crippen LogP contribution in [0.25, 0.3) is 17.0 Å².